The molecule has 1 N–H and O–H groups in total. The highest BCUT2D eigenvalue weighted by molar-refractivity contribution is 7.16. The van der Waals surface area contributed by atoms with E-state index in [1.165, 1.54) is 28.4 Å². The first-order valence-electron chi connectivity index (χ1n) is 7.81. The molecule has 1 aromatic heterocycles. The molecule has 1 atom stereocenters. The van der Waals surface area contributed by atoms with Crippen LogP contribution in [0.25, 0.3) is 10.2 Å². The van der Waals surface area contributed by atoms with Crippen LogP contribution in [0.15, 0.2) is 48.0 Å². The number of piperazine rings is 1. The fourth-order valence-electron chi connectivity index (χ4n) is 3.05. The summed E-state index contributed by atoms with van der Waals surface area (Å²) in [7, 11) is 0. The lowest BCUT2D eigenvalue weighted by molar-refractivity contribution is -0.128. The normalized spacial score (nSPS) is 17.6. The molecule has 0 radical (unpaired) electrons. The van der Waals surface area contributed by atoms with Gasteiger partial charge in [-0.15, -0.1) is 11.3 Å². The van der Waals surface area contributed by atoms with E-state index in [0.717, 1.165) is 10.2 Å². The van der Waals surface area contributed by atoms with Gasteiger partial charge < -0.3 is 10.2 Å². The van der Waals surface area contributed by atoms with Crippen molar-refractivity contribution >= 4 is 33.4 Å². The molecule has 0 saturated carbocycles. The van der Waals surface area contributed by atoms with Gasteiger partial charge in [-0.25, -0.2) is 9.37 Å². The van der Waals surface area contributed by atoms with Crippen LogP contribution in [0.5, 0.6) is 0 Å². The fraction of sp³-hybridized carbons (Fsp3) is 0.167. The third kappa shape index (κ3) is 2.87. The van der Waals surface area contributed by atoms with E-state index >= 15 is 0 Å². The van der Waals surface area contributed by atoms with Gasteiger partial charge in [-0.2, -0.15) is 0 Å². The minimum absolute atomic E-state index is 0.251. The average Bonchev–Trinajstić information content (AvgIpc) is 3.08. The van der Waals surface area contributed by atoms with Crippen LogP contribution in [0.1, 0.15) is 22.0 Å². The van der Waals surface area contributed by atoms with Crippen LogP contribution < -0.4 is 5.32 Å². The highest BCUT2D eigenvalue weighted by Crippen LogP contribution is 2.27. The summed E-state index contributed by atoms with van der Waals surface area (Å²) in [5.74, 6) is -0.988. The van der Waals surface area contributed by atoms with E-state index in [9.17, 15) is 14.0 Å². The van der Waals surface area contributed by atoms with Crippen molar-refractivity contribution in [2.75, 3.05) is 13.1 Å². The molecular formula is C18H14FN3O2S. The van der Waals surface area contributed by atoms with Crippen molar-refractivity contribution < 1.29 is 14.0 Å². The van der Waals surface area contributed by atoms with E-state index in [1.807, 2.05) is 0 Å². The number of carbonyl (C=O) groups is 2. The van der Waals surface area contributed by atoms with Crippen molar-refractivity contribution in [3.63, 3.8) is 0 Å². The second-order valence-corrected chi connectivity index (χ2v) is 6.67. The molecule has 2 aromatic carbocycles. The summed E-state index contributed by atoms with van der Waals surface area (Å²) in [6, 6.07) is 10.2. The lowest BCUT2D eigenvalue weighted by atomic mass is 10.0. The summed E-state index contributed by atoms with van der Waals surface area (Å²) in [4.78, 5) is 31.1. The zero-order valence-electron chi connectivity index (χ0n) is 13.1. The molecule has 7 heteroatoms. The smallest absolute Gasteiger partial charge is 0.254 e. The number of fused-ring (bicyclic) bond motifs is 1. The molecule has 0 unspecified atom stereocenters. The number of benzene rings is 2. The molecule has 3 aromatic rings. The predicted molar refractivity (Wildman–Crippen MR) is 92.8 cm³/mol. The number of hydrogen-bond acceptors (Lipinski definition) is 4. The van der Waals surface area contributed by atoms with E-state index in [4.69, 9.17) is 0 Å². The highest BCUT2D eigenvalue weighted by atomic mass is 32.1. The van der Waals surface area contributed by atoms with E-state index < -0.39 is 11.9 Å². The Morgan fingerprint density at radius 2 is 2.16 bits per heavy atom. The van der Waals surface area contributed by atoms with E-state index in [-0.39, 0.29) is 11.8 Å². The first-order chi connectivity index (χ1) is 12.1. The quantitative estimate of drug-likeness (QED) is 0.769. The van der Waals surface area contributed by atoms with Gasteiger partial charge in [0, 0.05) is 18.7 Å². The molecule has 0 aliphatic carbocycles. The summed E-state index contributed by atoms with van der Waals surface area (Å²) < 4.78 is 14.5. The van der Waals surface area contributed by atoms with Crippen molar-refractivity contribution in [2.24, 2.45) is 0 Å². The van der Waals surface area contributed by atoms with Crippen molar-refractivity contribution in [1.29, 1.82) is 0 Å². The molecule has 5 nitrogen and oxygen atoms in total. The first-order valence-corrected chi connectivity index (χ1v) is 8.69. The third-order valence-electron chi connectivity index (χ3n) is 4.22. The third-order valence-corrected chi connectivity index (χ3v) is 5.01. The fourth-order valence-corrected chi connectivity index (χ4v) is 3.76. The molecular weight excluding hydrogens is 341 g/mol. The van der Waals surface area contributed by atoms with E-state index in [2.05, 4.69) is 10.3 Å². The second kappa shape index (κ2) is 6.25. The van der Waals surface area contributed by atoms with Crippen molar-refractivity contribution in [3.05, 3.63) is 64.9 Å². The molecule has 1 saturated heterocycles. The number of rotatable bonds is 2. The lowest BCUT2D eigenvalue weighted by Gasteiger charge is -2.35. The number of halogens is 1. The molecule has 126 valence electrons. The molecule has 2 heterocycles. The van der Waals surface area contributed by atoms with Crippen LogP contribution in [-0.2, 0) is 4.79 Å². The molecule has 2 amide bonds. The maximum absolute atomic E-state index is 13.6. The van der Waals surface area contributed by atoms with Gasteiger partial charge in [0.05, 0.1) is 15.7 Å². The number of amides is 2. The molecule has 25 heavy (non-hydrogen) atoms. The van der Waals surface area contributed by atoms with Crippen LogP contribution in [-0.4, -0.2) is 34.8 Å². The van der Waals surface area contributed by atoms with Gasteiger partial charge in [-0.3, -0.25) is 9.59 Å². The summed E-state index contributed by atoms with van der Waals surface area (Å²) in [5, 5.41) is 2.75. The topological polar surface area (TPSA) is 62.3 Å². The molecule has 1 aliphatic rings. The van der Waals surface area contributed by atoms with Gasteiger partial charge >= 0.3 is 0 Å². The molecule has 0 spiro atoms. The van der Waals surface area contributed by atoms with Crippen LogP contribution in [0, 0.1) is 5.82 Å². The Morgan fingerprint density at radius 1 is 1.28 bits per heavy atom. The Morgan fingerprint density at radius 3 is 3.00 bits per heavy atom. The zero-order valence-corrected chi connectivity index (χ0v) is 13.9. The van der Waals surface area contributed by atoms with Crippen molar-refractivity contribution in [3.8, 4) is 0 Å². The lowest BCUT2D eigenvalue weighted by Crippen LogP contribution is -2.52. The van der Waals surface area contributed by atoms with Crippen LogP contribution in [0.4, 0.5) is 4.39 Å². The van der Waals surface area contributed by atoms with E-state index in [1.54, 1.807) is 35.8 Å². The number of aromatic nitrogens is 1. The van der Waals surface area contributed by atoms with Gasteiger partial charge in [0.1, 0.15) is 11.9 Å². The minimum Gasteiger partial charge on any atom is -0.352 e. The standard InChI is InChI=1S/C18H14FN3O2S/c19-13-3-1-2-11(8-13)16-17(23)20-6-7-22(16)18(24)12-4-5-14-15(9-12)25-10-21-14/h1-5,8-10,16H,6-7H2,(H,20,23)/t16-/m0/s1. The molecule has 1 aliphatic heterocycles. The van der Waals surface area contributed by atoms with Crippen LogP contribution in [0.2, 0.25) is 0 Å². The Labute approximate surface area is 147 Å². The first kappa shape index (κ1) is 15.7. The Balaban J connectivity index is 1.72. The van der Waals surface area contributed by atoms with Gasteiger partial charge in [0.25, 0.3) is 5.91 Å². The van der Waals surface area contributed by atoms with Gasteiger partial charge in [0.2, 0.25) is 5.91 Å². The molecule has 1 fully saturated rings. The minimum atomic E-state index is -0.839. The van der Waals surface area contributed by atoms with Gasteiger partial charge in [-0.1, -0.05) is 12.1 Å². The number of hydrogen-bond donors (Lipinski definition) is 1. The predicted octanol–water partition coefficient (Wildman–Crippen LogP) is 2.75. The van der Waals surface area contributed by atoms with Crippen molar-refractivity contribution in [1.82, 2.24) is 15.2 Å². The number of carbonyl (C=O) groups excluding carboxylic acids is 2. The molecule has 0 bridgehead atoms. The largest absolute Gasteiger partial charge is 0.352 e. The maximum Gasteiger partial charge on any atom is 0.254 e. The SMILES string of the molecule is O=C1NCCN(C(=O)c2ccc3ncsc3c2)[C@H]1c1cccc(F)c1. The van der Waals surface area contributed by atoms with Gasteiger partial charge in [0.15, 0.2) is 0 Å². The Kier molecular flexibility index (Phi) is 3.93. The Hall–Kier alpha value is -2.80. The monoisotopic (exact) mass is 355 g/mol. The summed E-state index contributed by atoms with van der Waals surface area (Å²) in [6.45, 7) is 0.742. The molecule has 4 rings (SSSR count). The summed E-state index contributed by atoms with van der Waals surface area (Å²) >= 11 is 1.45. The number of nitrogens with one attached hydrogen (secondary N) is 1. The Bertz CT molecular complexity index is 972. The second-order valence-electron chi connectivity index (χ2n) is 5.78. The highest BCUT2D eigenvalue weighted by Gasteiger charge is 2.35. The van der Waals surface area contributed by atoms with Crippen molar-refractivity contribution in [2.45, 2.75) is 6.04 Å². The van der Waals surface area contributed by atoms with Gasteiger partial charge in [-0.05, 0) is 35.9 Å². The zero-order chi connectivity index (χ0) is 17.4. The maximum atomic E-state index is 13.6. The number of nitrogens with zero attached hydrogens (tertiary/aromatic N) is 2. The summed E-state index contributed by atoms with van der Waals surface area (Å²) in [5.41, 5.74) is 3.51. The van der Waals surface area contributed by atoms with Crippen LogP contribution >= 0.6 is 11.3 Å². The van der Waals surface area contributed by atoms with Crippen LogP contribution in [0.3, 0.4) is 0 Å². The number of thiazole rings is 1. The summed E-state index contributed by atoms with van der Waals surface area (Å²) in [6.07, 6.45) is 0. The average molecular weight is 355 g/mol. The van der Waals surface area contributed by atoms with E-state index in [0.29, 0.717) is 24.2 Å².